The van der Waals surface area contributed by atoms with E-state index in [4.69, 9.17) is 15.5 Å². The van der Waals surface area contributed by atoms with Gasteiger partial charge in [-0.15, -0.1) is 12.4 Å². The first-order valence-corrected chi connectivity index (χ1v) is 11.3. The minimum atomic E-state index is 0. The Bertz CT molecular complexity index is 787. The number of piperidine rings is 2. The lowest BCUT2D eigenvalue weighted by Crippen LogP contribution is -2.35. The van der Waals surface area contributed by atoms with Crippen molar-refractivity contribution < 1.29 is 4.74 Å². The molecule has 9 heteroatoms. The summed E-state index contributed by atoms with van der Waals surface area (Å²) in [5.41, 5.74) is 7.72. The molecule has 4 heterocycles. The summed E-state index contributed by atoms with van der Waals surface area (Å²) in [5, 5.41) is 6.99. The van der Waals surface area contributed by atoms with E-state index < -0.39 is 0 Å². The molecule has 168 valence electrons. The Balaban J connectivity index is 0.00000256. The molecule has 0 bridgehead atoms. The van der Waals surface area contributed by atoms with E-state index in [9.17, 15) is 0 Å². The van der Waals surface area contributed by atoms with Crippen LogP contribution in [0.4, 0.5) is 5.82 Å². The van der Waals surface area contributed by atoms with Crippen molar-refractivity contribution in [2.75, 3.05) is 38.5 Å². The van der Waals surface area contributed by atoms with Crippen molar-refractivity contribution >= 4 is 29.4 Å². The lowest BCUT2D eigenvalue weighted by atomic mass is 9.82. The van der Waals surface area contributed by atoms with E-state index in [1.165, 1.54) is 32.1 Å². The highest BCUT2D eigenvalue weighted by Crippen LogP contribution is 2.36. The van der Waals surface area contributed by atoms with Crippen LogP contribution in [0.3, 0.4) is 0 Å². The van der Waals surface area contributed by atoms with Gasteiger partial charge in [-0.3, -0.25) is 0 Å². The molecule has 0 aliphatic carbocycles. The highest BCUT2D eigenvalue weighted by atomic mass is 35.5. The normalized spacial score (nSPS) is 19.5. The number of halogens is 1. The van der Waals surface area contributed by atoms with E-state index in [2.05, 4.69) is 32.1 Å². The molecule has 4 rings (SSSR count). The highest BCUT2D eigenvalue weighted by molar-refractivity contribution is 5.85. The second-order valence-corrected chi connectivity index (χ2v) is 8.50. The molecule has 4 N–H and O–H groups in total. The summed E-state index contributed by atoms with van der Waals surface area (Å²) in [4.78, 5) is 13.7. The van der Waals surface area contributed by atoms with Gasteiger partial charge >= 0.3 is 6.01 Å². The van der Waals surface area contributed by atoms with Gasteiger partial charge in [-0.1, -0.05) is 13.3 Å². The number of unbranched alkanes of at least 4 members (excludes halogenated alkanes) is 1. The van der Waals surface area contributed by atoms with Crippen LogP contribution < -0.4 is 21.1 Å². The number of rotatable bonds is 8. The molecule has 2 aromatic heterocycles. The number of anilines is 1. The van der Waals surface area contributed by atoms with E-state index >= 15 is 0 Å². The van der Waals surface area contributed by atoms with Crippen molar-refractivity contribution in [3.63, 3.8) is 0 Å². The van der Waals surface area contributed by atoms with E-state index in [0.29, 0.717) is 35.9 Å². The zero-order valence-corrected chi connectivity index (χ0v) is 18.8. The summed E-state index contributed by atoms with van der Waals surface area (Å²) in [7, 11) is 0. The molecule has 1 atom stereocenters. The lowest BCUT2D eigenvalue weighted by Gasteiger charge is -2.35. The third kappa shape index (κ3) is 5.34. The number of aromatic nitrogens is 4. The first-order chi connectivity index (χ1) is 14.3. The molecule has 2 aromatic rings. The zero-order valence-electron chi connectivity index (χ0n) is 18.0. The summed E-state index contributed by atoms with van der Waals surface area (Å²) >= 11 is 0. The number of hydrogen-bond acceptors (Lipinski definition) is 7. The van der Waals surface area contributed by atoms with Crippen molar-refractivity contribution in [3.05, 3.63) is 6.33 Å². The van der Waals surface area contributed by atoms with Gasteiger partial charge in [0.1, 0.15) is 0 Å². The Morgan fingerprint density at radius 3 is 2.53 bits per heavy atom. The first kappa shape index (κ1) is 23.0. The molecule has 0 radical (unpaired) electrons. The number of fused-ring (bicyclic) bond motifs is 1. The van der Waals surface area contributed by atoms with Crippen LogP contribution in [0.1, 0.15) is 57.9 Å². The molecule has 2 fully saturated rings. The average molecular weight is 438 g/mol. The monoisotopic (exact) mass is 437 g/mol. The van der Waals surface area contributed by atoms with Crippen molar-refractivity contribution in [2.45, 2.75) is 57.9 Å². The fourth-order valence-corrected chi connectivity index (χ4v) is 4.75. The van der Waals surface area contributed by atoms with Crippen LogP contribution in [0.25, 0.3) is 11.2 Å². The molecule has 8 nitrogen and oxygen atoms in total. The van der Waals surface area contributed by atoms with Gasteiger partial charge in [0.15, 0.2) is 17.0 Å². The van der Waals surface area contributed by atoms with Crippen LogP contribution in [0.2, 0.25) is 0 Å². The Morgan fingerprint density at radius 2 is 1.83 bits per heavy atom. The van der Waals surface area contributed by atoms with E-state index in [-0.39, 0.29) is 12.4 Å². The summed E-state index contributed by atoms with van der Waals surface area (Å²) in [6.45, 7) is 7.17. The number of nitrogens with zero attached hydrogens (tertiary/aromatic N) is 4. The molecule has 2 aliphatic heterocycles. The Kier molecular flexibility index (Phi) is 8.53. The number of nitrogens with two attached hydrogens (primary N) is 1. The predicted octanol–water partition coefficient (Wildman–Crippen LogP) is 2.94. The van der Waals surface area contributed by atoms with Gasteiger partial charge in [-0.25, -0.2) is 4.98 Å². The van der Waals surface area contributed by atoms with Gasteiger partial charge in [0.25, 0.3) is 0 Å². The summed E-state index contributed by atoms with van der Waals surface area (Å²) in [6, 6.07) is 0.763. The summed E-state index contributed by atoms with van der Waals surface area (Å²) < 4.78 is 8.05. The maximum absolute atomic E-state index is 6.21. The van der Waals surface area contributed by atoms with Crippen molar-refractivity contribution in [1.82, 2.24) is 30.2 Å². The van der Waals surface area contributed by atoms with Crippen LogP contribution in [-0.2, 0) is 0 Å². The Hall–Kier alpha value is -1.64. The quantitative estimate of drug-likeness (QED) is 0.545. The van der Waals surface area contributed by atoms with Crippen LogP contribution in [0.15, 0.2) is 6.33 Å². The first-order valence-electron chi connectivity index (χ1n) is 11.3. The predicted molar refractivity (Wildman–Crippen MR) is 122 cm³/mol. The van der Waals surface area contributed by atoms with Gasteiger partial charge in [0, 0.05) is 6.04 Å². The smallest absolute Gasteiger partial charge is 0.320 e. The number of ether oxygens (including phenoxy) is 1. The molecule has 0 aromatic carbocycles. The number of imidazole rings is 1. The van der Waals surface area contributed by atoms with Crippen molar-refractivity contribution in [2.24, 2.45) is 11.8 Å². The van der Waals surface area contributed by atoms with Crippen LogP contribution in [-0.4, -0.2) is 52.3 Å². The lowest BCUT2D eigenvalue weighted by molar-refractivity contribution is 0.205. The summed E-state index contributed by atoms with van der Waals surface area (Å²) in [6.07, 6.45) is 10.0. The second kappa shape index (κ2) is 11.1. The largest absolute Gasteiger partial charge is 0.463 e. The zero-order chi connectivity index (χ0) is 20.1. The van der Waals surface area contributed by atoms with Gasteiger partial charge in [-0.2, -0.15) is 9.97 Å². The Morgan fingerprint density at radius 1 is 1.13 bits per heavy atom. The second-order valence-electron chi connectivity index (χ2n) is 8.50. The van der Waals surface area contributed by atoms with Crippen molar-refractivity contribution in [1.29, 1.82) is 0 Å². The fourth-order valence-electron chi connectivity index (χ4n) is 4.75. The van der Waals surface area contributed by atoms with E-state index in [1.807, 2.05) is 6.33 Å². The molecule has 0 amide bonds. The van der Waals surface area contributed by atoms with Crippen LogP contribution >= 0.6 is 12.4 Å². The minimum Gasteiger partial charge on any atom is -0.463 e. The molecule has 0 spiro atoms. The minimum absolute atomic E-state index is 0. The van der Waals surface area contributed by atoms with Gasteiger partial charge in [0.2, 0.25) is 0 Å². The topological polar surface area (TPSA) is 103 Å². The third-order valence-electron chi connectivity index (χ3n) is 6.48. The number of nitrogen functional groups attached to an aromatic ring is 1. The SMILES string of the molecule is CCCCOc1nc(N)c2ncn(C(CC3CCNCC3)C3CCNCC3)c2n1.Cl. The third-order valence-corrected chi connectivity index (χ3v) is 6.48. The van der Waals surface area contributed by atoms with Crippen LogP contribution in [0.5, 0.6) is 6.01 Å². The maximum atomic E-state index is 6.21. The fraction of sp³-hybridized carbons (Fsp3) is 0.762. The van der Waals surface area contributed by atoms with Crippen molar-refractivity contribution in [3.8, 4) is 6.01 Å². The van der Waals surface area contributed by atoms with Gasteiger partial charge < -0.3 is 25.7 Å². The molecule has 30 heavy (non-hydrogen) atoms. The standard InChI is InChI=1S/C21H35N7O.ClH/c1-2-3-12-29-21-26-19(22)18-20(27-21)28(14-25-18)17(16-6-10-24-11-7-16)13-15-4-8-23-9-5-15;/h14-17,23-24H,2-13H2,1H3,(H2,22,26,27);1H. The summed E-state index contributed by atoms with van der Waals surface area (Å²) in [5.74, 6) is 1.78. The molecule has 2 saturated heterocycles. The van der Waals surface area contributed by atoms with Gasteiger partial charge in [-0.05, 0) is 76.5 Å². The highest BCUT2D eigenvalue weighted by Gasteiger charge is 2.30. The molecular formula is C21H36ClN7O. The molecular weight excluding hydrogens is 402 g/mol. The van der Waals surface area contributed by atoms with Gasteiger partial charge in [0.05, 0.1) is 12.9 Å². The number of hydrogen-bond donors (Lipinski definition) is 3. The van der Waals surface area contributed by atoms with Crippen LogP contribution in [0, 0.1) is 11.8 Å². The van der Waals surface area contributed by atoms with E-state index in [1.54, 1.807) is 0 Å². The number of nitrogens with one attached hydrogen (secondary N) is 2. The Labute approximate surface area is 185 Å². The average Bonchev–Trinajstić information content (AvgIpc) is 3.18. The molecule has 1 unspecified atom stereocenters. The molecule has 2 aliphatic rings. The molecule has 0 saturated carbocycles. The maximum Gasteiger partial charge on any atom is 0.320 e. The van der Waals surface area contributed by atoms with E-state index in [0.717, 1.165) is 50.6 Å².